The van der Waals surface area contributed by atoms with Crippen molar-refractivity contribution >= 4 is 6.03 Å². The third kappa shape index (κ3) is 3.43. The van der Waals surface area contributed by atoms with Crippen LogP contribution in [0.25, 0.3) is 0 Å². The first kappa shape index (κ1) is 15.3. The van der Waals surface area contributed by atoms with Gasteiger partial charge < -0.3 is 19.1 Å². The average molecular weight is 306 g/mol. The molecule has 6 heteroatoms. The number of morpholine rings is 1. The standard InChI is InChI=1S/C16H26N4O2/c1-14-17-6-9-18(14)8-5-15-4-2-3-7-20(15)16(21)19-10-12-22-13-11-19/h6,9,15H,2-5,7-8,10-13H2,1H3/t15-/m0/s1. The summed E-state index contributed by atoms with van der Waals surface area (Å²) < 4.78 is 7.52. The van der Waals surface area contributed by atoms with Crippen LogP contribution in [0.5, 0.6) is 0 Å². The van der Waals surface area contributed by atoms with Crippen molar-refractivity contribution in [3.05, 3.63) is 18.2 Å². The number of carbonyl (C=O) groups excluding carboxylic acids is 1. The van der Waals surface area contributed by atoms with Crippen molar-refractivity contribution in [2.45, 2.75) is 45.2 Å². The number of imidazole rings is 1. The molecule has 1 atom stereocenters. The smallest absolute Gasteiger partial charge is 0.320 e. The quantitative estimate of drug-likeness (QED) is 0.857. The molecule has 1 aromatic heterocycles. The van der Waals surface area contributed by atoms with Gasteiger partial charge in [0.15, 0.2) is 0 Å². The number of carbonyl (C=O) groups is 1. The Labute approximate surface area is 132 Å². The monoisotopic (exact) mass is 306 g/mol. The zero-order chi connectivity index (χ0) is 15.4. The van der Waals surface area contributed by atoms with Gasteiger partial charge in [-0.3, -0.25) is 0 Å². The van der Waals surface area contributed by atoms with Crippen LogP contribution in [0.3, 0.4) is 0 Å². The Hall–Kier alpha value is -1.56. The zero-order valence-corrected chi connectivity index (χ0v) is 13.4. The second kappa shape index (κ2) is 7.13. The van der Waals surface area contributed by atoms with Gasteiger partial charge in [-0.25, -0.2) is 9.78 Å². The maximum Gasteiger partial charge on any atom is 0.320 e. The van der Waals surface area contributed by atoms with E-state index in [1.807, 2.05) is 24.2 Å². The summed E-state index contributed by atoms with van der Waals surface area (Å²) in [6, 6.07) is 0.557. The molecule has 3 rings (SSSR count). The molecule has 0 bridgehead atoms. The first-order valence-corrected chi connectivity index (χ1v) is 8.37. The number of rotatable bonds is 3. The molecule has 0 spiro atoms. The van der Waals surface area contributed by atoms with E-state index >= 15 is 0 Å². The lowest BCUT2D eigenvalue weighted by molar-refractivity contribution is 0.0346. The Balaban J connectivity index is 1.60. The van der Waals surface area contributed by atoms with E-state index in [1.54, 1.807) is 0 Å². The second-order valence-corrected chi connectivity index (χ2v) is 6.18. The van der Waals surface area contributed by atoms with Gasteiger partial charge in [-0.2, -0.15) is 0 Å². The van der Waals surface area contributed by atoms with E-state index in [0.29, 0.717) is 19.3 Å². The number of ether oxygens (including phenoxy) is 1. The molecule has 22 heavy (non-hydrogen) atoms. The van der Waals surface area contributed by atoms with Gasteiger partial charge in [0.1, 0.15) is 5.82 Å². The number of aromatic nitrogens is 2. The van der Waals surface area contributed by atoms with Gasteiger partial charge in [-0.15, -0.1) is 0 Å². The third-order valence-electron chi connectivity index (χ3n) is 4.78. The fourth-order valence-corrected chi connectivity index (χ4v) is 3.42. The van der Waals surface area contributed by atoms with Crippen molar-refractivity contribution in [2.24, 2.45) is 0 Å². The SMILES string of the molecule is Cc1nccn1CC[C@@H]1CCCCN1C(=O)N1CCOCC1. The van der Waals surface area contributed by atoms with Crippen LogP contribution in [0.1, 0.15) is 31.5 Å². The molecule has 2 amide bonds. The lowest BCUT2D eigenvalue weighted by Gasteiger charge is -2.40. The number of nitrogens with zero attached hydrogens (tertiary/aromatic N) is 4. The van der Waals surface area contributed by atoms with E-state index in [9.17, 15) is 4.79 Å². The Kier molecular flexibility index (Phi) is 4.97. The molecule has 0 N–H and O–H groups in total. The van der Waals surface area contributed by atoms with Crippen LogP contribution < -0.4 is 0 Å². The van der Waals surface area contributed by atoms with E-state index in [0.717, 1.165) is 51.3 Å². The van der Waals surface area contributed by atoms with Gasteiger partial charge in [0.05, 0.1) is 13.2 Å². The Morgan fingerprint density at radius 1 is 1.32 bits per heavy atom. The van der Waals surface area contributed by atoms with Gasteiger partial charge in [0.25, 0.3) is 0 Å². The predicted octanol–water partition coefficient (Wildman–Crippen LogP) is 1.89. The molecule has 2 saturated heterocycles. The highest BCUT2D eigenvalue weighted by atomic mass is 16.5. The third-order valence-corrected chi connectivity index (χ3v) is 4.78. The number of amides is 2. The number of hydrogen-bond acceptors (Lipinski definition) is 3. The second-order valence-electron chi connectivity index (χ2n) is 6.18. The molecule has 2 fully saturated rings. The molecular formula is C16H26N4O2. The van der Waals surface area contributed by atoms with Gasteiger partial charge >= 0.3 is 6.03 Å². The van der Waals surface area contributed by atoms with Crippen molar-refractivity contribution in [1.29, 1.82) is 0 Å². The van der Waals surface area contributed by atoms with Gasteiger partial charge in [0, 0.05) is 44.6 Å². The first-order valence-electron chi connectivity index (χ1n) is 8.37. The number of hydrogen-bond donors (Lipinski definition) is 0. The molecular weight excluding hydrogens is 280 g/mol. The number of urea groups is 1. The molecule has 6 nitrogen and oxygen atoms in total. The van der Waals surface area contributed by atoms with Crippen LogP contribution in [-0.4, -0.2) is 64.3 Å². The summed E-state index contributed by atoms with van der Waals surface area (Å²) in [6.07, 6.45) is 8.33. The highest BCUT2D eigenvalue weighted by Gasteiger charge is 2.30. The minimum Gasteiger partial charge on any atom is -0.378 e. The minimum absolute atomic E-state index is 0.204. The summed E-state index contributed by atoms with van der Waals surface area (Å²) in [7, 11) is 0. The van der Waals surface area contributed by atoms with Crippen LogP contribution in [0.4, 0.5) is 4.79 Å². The summed E-state index contributed by atoms with van der Waals surface area (Å²) in [5.74, 6) is 1.04. The zero-order valence-electron chi connectivity index (χ0n) is 13.4. The number of aryl methyl sites for hydroxylation is 2. The summed E-state index contributed by atoms with van der Waals surface area (Å²) in [4.78, 5) is 21.1. The molecule has 3 heterocycles. The molecule has 0 unspecified atom stereocenters. The summed E-state index contributed by atoms with van der Waals surface area (Å²) in [6.45, 7) is 6.63. The highest BCUT2D eigenvalue weighted by Crippen LogP contribution is 2.22. The number of likely N-dealkylation sites (tertiary alicyclic amines) is 1. The van der Waals surface area contributed by atoms with E-state index in [2.05, 4.69) is 14.5 Å². The summed E-state index contributed by atoms with van der Waals surface area (Å²) in [5, 5.41) is 0. The molecule has 0 aromatic carbocycles. The van der Waals surface area contributed by atoms with Crippen molar-refractivity contribution in [2.75, 3.05) is 32.8 Å². The molecule has 1 aromatic rings. The Morgan fingerprint density at radius 3 is 2.86 bits per heavy atom. The highest BCUT2D eigenvalue weighted by molar-refractivity contribution is 5.75. The van der Waals surface area contributed by atoms with Crippen LogP contribution in [-0.2, 0) is 11.3 Å². The Bertz CT molecular complexity index is 496. The van der Waals surface area contributed by atoms with Crippen LogP contribution in [0.2, 0.25) is 0 Å². The average Bonchev–Trinajstić information content (AvgIpc) is 2.98. The van der Waals surface area contributed by atoms with Gasteiger partial charge in [-0.05, 0) is 32.6 Å². The summed E-state index contributed by atoms with van der Waals surface area (Å²) in [5.41, 5.74) is 0. The van der Waals surface area contributed by atoms with Crippen LogP contribution in [0, 0.1) is 6.92 Å². The van der Waals surface area contributed by atoms with Gasteiger partial charge in [0.2, 0.25) is 0 Å². The van der Waals surface area contributed by atoms with E-state index in [1.165, 1.54) is 6.42 Å². The fraction of sp³-hybridized carbons (Fsp3) is 0.750. The van der Waals surface area contributed by atoms with Gasteiger partial charge in [-0.1, -0.05) is 0 Å². The normalized spacial score (nSPS) is 22.9. The Morgan fingerprint density at radius 2 is 2.14 bits per heavy atom. The van der Waals surface area contributed by atoms with Crippen molar-refractivity contribution in [3.8, 4) is 0 Å². The molecule has 0 aliphatic carbocycles. The largest absolute Gasteiger partial charge is 0.378 e. The van der Waals surface area contributed by atoms with Crippen molar-refractivity contribution < 1.29 is 9.53 Å². The van der Waals surface area contributed by atoms with Crippen LogP contribution in [0.15, 0.2) is 12.4 Å². The molecule has 122 valence electrons. The maximum atomic E-state index is 12.8. The van der Waals surface area contributed by atoms with Crippen molar-refractivity contribution in [1.82, 2.24) is 19.4 Å². The maximum absolute atomic E-state index is 12.8. The molecule has 0 radical (unpaired) electrons. The lowest BCUT2D eigenvalue weighted by atomic mass is 9.99. The van der Waals surface area contributed by atoms with Crippen LogP contribution >= 0.6 is 0 Å². The van der Waals surface area contributed by atoms with E-state index < -0.39 is 0 Å². The molecule has 2 aliphatic heterocycles. The van der Waals surface area contributed by atoms with E-state index in [-0.39, 0.29) is 6.03 Å². The first-order chi connectivity index (χ1) is 10.8. The van der Waals surface area contributed by atoms with Crippen molar-refractivity contribution in [3.63, 3.8) is 0 Å². The number of piperidine rings is 1. The minimum atomic E-state index is 0.204. The predicted molar refractivity (Wildman–Crippen MR) is 83.7 cm³/mol. The van der Waals surface area contributed by atoms with E-state index in [4.69, 9.17) is 4.74 Å². The fourth-order valence-electron chi connectivity index (χ4n) is 3.42. The molecule has 2 aliphatic rings. The topological polar surface area (TPSA) is 50.6 Å². The summed E-state index contributed by atoms with van der Waals surface area (Å²) >= 11 is 0. The lowest BCUT2D eigenvalue weighted by Crippen LogP contribution is -2.53. The molecule has 0 saturated carbocycles.